The van der Waals surface area contributed by atoms with Gasteiger partial charge in [-0.1, -0.05) is 11.6 Å². The van der Waals surface area contributed by atoms with Crippen LogP contribution in [0.25, 0.3) is 11.1 Å². The fourth-order valence-corrected chi connectivity index (χ4v) is 1.74. The van der Waals surface area contributed by atoms with Crippen LogP contribution in [0.3, 0.4) is 0 Å². The molecule has 1 heterocycles. The summed E-state index contributed by atoms with van der Waals surface area (Å²) < 4.78 is 26.3. The number of carbonyl (C=O) groups is 1. The van der Waals surface area contributed by atoms with E-state index < -0.39 is 17.5 Å². The number of hydrogen-bond donors (Lipinski definition) is 1. The molecule has 0 fully saturated rings. The summed E-state index contributed by atoms with van der Waals surface area (Å²) in [7, 11) is 0. The summed E-state index contributed by atoms with van der Waals surface area (Å²) in [5.74, 6) is -2.18. The topological polar surface area (TPSA) is 56.0 Å². The smallest absolute Gasteiger partial charge is 0.267 e. The van der Waals surface area contributed by atoms with Gasteiger partial charge in [0, 0.05) is 17.2 Å². The van der Waals surface area contributed by atoms with Crippen LogP contribution in [0.15, 0.2) is 30.3 Å². The molecule has 18 heavy (non-hydrogen) atoms. The summed E-state index contributed by atoms with van der Waals surface area (Å²) in [6.07, 6.45) is 0. The van der Waals surface area contributed by atoms with Crippen molar-refractivity contribution < 1.29 is 13.6 Å². The highest BCUT2D eigenvalue weighted by Crippen LogP contribution is 2.29. The average Bonchev–Trinajstić information content (AvgIpc) is 2.30. The van der Waals surface area contributed by atoms with E-state index in [-0.39, 0.29) is 22.0 Å². The van der Waals surface area contributed by atoms with E-state index in [1.54, 1.807) is 0 Å². The molecule has 1 aromatic heterocycles. The molecule has 0 aliphatic rings. The van der Waals surface area contributed by atoms with E-state index in [4.69, 9.17) is 17.3 Å². The second-order valence-corrected chi connectivity index (χ2v) is 3.88. The number of hydrogen-bond acceptors (Lipinski definition) is 2. The zero-order valence-corrected chi connectivity index (χ0v) is 9.71. The number of amides is 1. The monoisotopic (exact) mass is 268 g/mol. The summed E-state index contributed by atoms with van der Waals surface area (Å²) in [4.78, 5) is 14.6. The van der Waals surface area contributed by atoms with Gasteiger partial charge in [0.05, 0.1) is 0 Å². The molecule has 3 nitrogen and oxygen atoms in total. The van der Waals surface area contributed by atoms with Crippen LogP contribution >= 0.6 is 11.6 Å². The van der Waals surface area contributed by atoms with Crippen LogP contribution in [0.5, 0.6) is 0 Å². The number of benzene rings is 1. The number of rotatable bonds is 2. The molecule has 6 heteroatoms. The molecule has 0 spiro atoms. The number of halogens is 3. The maximum absolute atomic E-state index is 13.6. The minimum Gasteiger partial charge on any atom is -0.364 e. The first-order valence-electron chi connectivity index (χ1n) is 4.91. The van der Waals surface area contributed by atoms with E-state index in [1.165, 1.54) is 18.2 Å². The third-order valence-corrected chi connectivity index (χ3v) is 2.61. The standard InChI is InChI=1S/C12H7ClF2N2O/c13-11-8(3-4-10(17-11)12(16)18)7-2-1-6(14)5-9(7)15/h1-5H,(H2,16,18). The van der Waals surface area contributed by atoms with Crippen LogP contribution in [0.1, 0.15) is 10.5 Å². The van der Waals surface area contributed by atoms with Gasteiger partial charge in [0.2, 0.25) is 0 Å². The predicted molar refractivity (Wildman–Crippen MR) is 63.1 cm³/mol. The predicted octanol–water partition coefficient (Wildman–Crippen LogP) is 2.78. The molecule has 0 aliphatic carbocycles. The zero-order chi connectivity index (χ0) is 13.3. The van der Waals surface area contributed by atoms with Crippen molar-refractivity contribution in [2.75, 3.05) is 0 Å². The van der Waals surface area contributed by atoms with Gasteiger partial charge in [-0.05, 0) is 24.3 Å². The van der Waals surface area contributed by atoms with Gasteiger partial charge in [-0.15, -0.1) is 0 Å². The maximum Gasteiger partial charge on any atom is 0.267 e. The molecule has 2 N–H and O–H groups in total. The largest absolute Gasteiger partial charge is 0.364 e. The Bertz CT molecular complexity index is 631. The number of nitrogens with zero attached hydrogens (tertiary/aromatic N) is 1. The van der Waals surface area contributed by atoms with Crippen molar-refractivity contribution in [2.24, 2.45) is 5.73 Å². The van der Waals surface area contributed by atoms with Crippen LogP contribution in [-0.4, -0.2) is 10.9 Å². The van der Waals surface area contributed by atoms with Crippen molar-refractivity contribution in [1.82, 2.24) is 4.98 Å². The minimum absolute atomic E-state index is 0.0220. The Morgan fingerprint density at radius 1 is 1.17 bits per heavy atom. The highest BCUT2D eigenvalue weighted by atomic mass is 35.5. The lowest BCUT2D eigenvalue weighted by Gasteiger charge is -2.06. The molecular formula is C12H7ClF2N2O. The molecule has 0 saturated heterocycles. The molecular weight excluding hydrogens is 262 g/mol. The SMILES string of the molecule is NC(=O)c1ccc(-c2ccc(F)cc2F)c(Cl)n1. The van der Waals surface area contributed by atoms with Crippen LogP contribution < -0.4 is 5.73 Å². The molecule has 92 valence electrons. The molecule has 0 saturated carbocycles. The Morgan fingerprint density at radius 3 is 2.39 bits per heavy atom. The van der Waals surface area contributed by atoms with Crippen molar-refractivity contribution >= 4 is 17.5 Å². The molecule has 1 aromatic carbocycles. The average molecular weight is 269 g/mol. The van der Waals surface area contributed by atoms with Gasteiger partial charge < -0.3 is 5.73 Å². The lowest BCUT2D eigenvalue weighted by Crippen LogP contribution is -2.13. The number of pyridine rings is 1. The highest BCUT2D eigenvalue weighted by Gasteiger charge is 2.13. The van der Waals surface area contributed by atoms with E-state index in [0.29, 0.717) is 0 Å². The zero-order valence-electron chi connectivity index (χ0n) is 8.95. The summed E-state index contributed by atoms with van der Waals surface area (Å²) in [6, 6.07) is 5.83. The van der Waals surface area contributed by atoms with Crippen molar-refractivity contribution in [2.45, 2.75) is 0 Å². The van der Waals surface area contributed by atoms with Crippen molar-refractivity contribution in [3.05, 3.63) is 52.8 Å². The Kier molecular flexibility index (Phi) is 3.25. The van der Waals surface area contributed by atoms with Gasteiger partial charge in [-0.3, -0.25) is 4.79 Å². The van der Waals surface area contributed by atoms with Crippen molar-refractivity contribution in [1.29, 1.82) is 0 Å². The Hall–Kier alpha value is -2.01. The lowest BCUT2D eigenvalue weighted by atomic mass is 10.1. The van der Waals surface area contributed by atoms with Crippen LogP contribution in [-0.2, 0) is 0 Å². The third-order valence-electron chi connectivity index (χ3n) is 2.32. The number of aromatic nitrogens is 1. The normalized spacial score (nSPS) is 10.4. The van der Waals surface area contributed by atoms with E-state index in [9.17, 15) is 13.6 Å². The van der Waals surface area contributed by atoms with Gasteiger partial charge in [-0.25, -0.2) is 13.8 Å². The summed E-state index contributed by atoms with van der Waals surface area (Å²) in [6.45, 7) is 0. The second kappa shape index (κ2) is 4.70. The van der Waals surface area contributed by atoms with Crippen LogP contribution in [0.2, 0.25) is 5.15 Å². The van der Waals surface area contributed by atoms with Gasteiger partial charge >= 0.3 is 0 Å². The Balaban J connectivity index is 2.54. The van der Waals surface area contributed by atoms with E-state index in [1.807, 2.05) is 0 Å². The summed E-state index contributed by atoms with van der Waals surface area (Å²) in [5.41, 5.74) is 5.38. The van der Waals surface area contributed by atoms with Crippen molar-refractivity contribution in [3.8, 4) is 11.1 Å². The first-order chi connectivity index (χ1) is 8.49. The first kappa shape index (κ1) is 12.4. The molecule has 2 aromatic rings. The van der Waals surface area contributed by atoms with E-state index in [0.717, 1.165) is 12.1 Å². The molecule has 0 bridgehead atoms. The van der Waals surface area contributed by atoms with Gasteiger partial charge in [-0.2, -0.15) is 0 Å². The van der Waals surface area contributed by atoms with Crippen molar-refractivity contribution in [3.63, 3.8) is 0 Å². The fourth-order valence-electron chi connectivity index (χ4n) is 1.48. The van der Waals surface area contributed by atoms with Gasteiger partial charge in [0.1, 0.15) is 22.5 Å². The highest BCUT2D eigenvalue weighted by molar-refractivity contribution is 6.32. The second-order valence-electron chi connectivity index (χ2n) is 3.52. The van der Waals surface area contributed by atoms with E-state index >= 15 is 0 Å². The van der Waals surface area contributed by atoms with Gasteiger partial charge in [0.15, 0.2) is 0 Å². The van der Waals surface area contributed by atoms with E-state index in [2.05, 4.69) is 4.98 Å². The summed E-state index contributed by atoms with van der Waals surface area (Å²) >= 11 is 5.84. The number of nitrogens with two attached hydrogens (primary N) is 1. The number of carbonyl (C=O) groups excluding carboxylic acids is 1. The minimum atomic E-state index is -0.759. The molecule has 2 rings (SSSR count). The first-order valence-corrected chi connectivity index (χ1v) is 5.28. The third kappa shape index (κ3) is 2.31. The number of primary amides is 1. The van der Waals surface area contributed by atoms with Crippen LogP contribution in [0.4, 0.5) is 8.78 Å². The quantitative estimate of drug-likeness (QED) is 0.852. The molecule has 0 atom stereocenters. The molecule has 0 aliphatic heterocycles. The Morgan fingerprint density at radius 2 is 1.83 bits per heavy atom. The van der Waals surface area contributed by atoms with Crippen LogP contribution in [0, 0.1) is 11.6 Å². The molecule has 0 radical (unpaired) electrons. The fraction of sp³-hybridized carbons (Fsp3) is 0. The Labute approximate surface area is 106 Å². The lowest BCUT2D eigenvalue weighted by molar-refractivity contribution is 0.0995. The van der Waals surface area contributed by atoms with Gasteiger partial charge in [0.25, 0.3) is 5.91 Å². The molecule has 0 unspecified atom stereocenters. The maximum atomic E-state index is 13.6. The molecule has 1 amide bonds. The summed E-state index contributed by atoms with van der Waals surface area (Å²) in [5, 5.41) is -0.0724.